The Hall–Kier alpha value is -3.10. The zero-order valence-corrected chi connectivity index (χ0v) is 21.4. The fraction of sp³-hybridized carbons (Fsp3) is 0.600. The molecule has 9 nitrogen and oxygen atoms in total. The van der Waals surface area contributed by atoms with Crippen LogP contribution in [0.4, 0.5) is 4.79 Å². The number of rotatable bonds is 11. The molecule has 34 heavy (non-hydrogen) atoms. The first-order valence-corrected chi connectivity index (χ1v) is 11.7. The molecule has 0 bridgehead atoms. The number of aryl methyl sites for hydroxylation is 1. The van der Waals surface area contributed by atoms with Crippen LogP contribution in [-0.2, 0) is 23.9 Å². The van der Waals surface area contributed by atoms with E-state index < -0.39 is 41.6 Å². The van der Waals surface area contributed by atoms with Crippen LogP contribution < -0.4 is 10.6 Å². The second-order valence-corrected chi connectivity index (χ2v) is 9.06. The first kappa shape index (κ1) is 28.9. The summed E-state index contributed by atoms with van der Waals surface area (Å²) < 4.78 is 10.2. The summed E-state index contributed by atoms with van der Waals surface area (Å²) in [7, 11) is 0. The monoisotopic (exact) mass is 477 g/mol. The van der Waals surface area contributed by atoms with Crippen LogP contribution >= 0.6 is 0 Å². The number of hydrogen-bond acceptors (Lipinski definition) is 6. The molecular weight excluding hydrogens is 438 g/mol. The molecule has 2 atom stereocenters. The lowest BCUT2D eigenvalue weighted by Crippen LogP contribution is -2.52. The van der Waals surface area contributed by atoms with E-state index in [1.807, 2.05) is 26.0 Å². The van der Waals surface area contributed by atoms with Crippen molar-refractivity contribution < 1.29 is 28.7 Å². The Morgan fingerprint density at radius 2 is 1.68 bits per heavy atom. The standard InChI is InChI=1S/C25H39N3O6/c1-8-16-28(23(31)18(4)27-24(32)34-25(5,6)7)21(19-12-10-17(3)11-13-19)22(30)26-15-14-20(29)33-9-2/h10-13,18,21H,8-9,14-16H2,1-7H3,(H,26,30)(H,27,32). The van der Waals surface area contributed by atoms with Gasteiger partial charge in [-0.15, -0.1) is 0 Å². The maximum atomic E-state index is 13.4. The minimum Gasteiger partial charge on any atom is -0.466 e. The molecule has 3 amide bonds. The van der Waals surface area contributed by atoms with Crippen LogP contribution in [0.5, 0.6) is 0 Å². The van der Waals surface area contributed by atoms with Crippen molar-refractivity contribution >= 4 is 23.9 Å². The smallest absolute Gasteiger partial charge is 0.408 e. The van der Waals surface area contributed by atoms with E-state index in [4.69, 9.17) is 9.47 Å². The van der Waals surface area contributed by atoms with Gasteiger partial charge in [-0.25, -0.2) is 4.79 Å². The van der Waals surface area contributed by atoms with Gasteiger partial charge in [-0.2, -0.15) is 0 Å². The van der Waals surface area contributed by atoms with E-state index in [0.29, 0.717) is 18.5 Å². The minimum atomic E-state index is -0.932. The number of nitrogens with one attached hydrogen (secondary N) is 2. The summed E-state index contributed by atoms with van der Waals surface area (Å²) in [6, 6.07) is 5.48. The Labute approximate surface area is 202 Å². The number of carbonyl (C=O) groups excluding carboxylic acids is 4. The third kappa shape index (κ3) is 9.80. The molecule has 1 rings (SSSR count). The summed E-state index contributed by atoms with van der Waals surface area (Å²) in [6.45, 7) is 12.9. The van der Waals surface area contributed by atoms with E-state index in [1.54, 1.807) is 46.8 Å². The van der Waals surface area contributed by atoms with E-state index in [1.165, 1.54) is 4.90 Å². The highest BCUT2D eigenvalue weighted by Crippen LogP contribution is 2.23. The molecule has 1 aromatic carbocycles. The molecule has 0 aliphatic rings. The van der Waals surface area contributed by atoms with Crippen molar-refractivity contribution in [2.45, 2.75) is 79.0 Å². The number of carbonyl (C=O) groups is 4. The van der Waals surface area contributed by atoms with Crippen molar-refractivity contribution in [1.29, 1.82) is 0 Å². The predicted octanol–water partition coefficient (Wildman–Crippen LogP) is 3.26. The van der Waals surface area contributed by atoms with Gasteiger partial charge in [0, 0.05) is 13.1 Å². The van der Waals surface area contributed by atoms with Gasteiger partial charge in [-0.05, 0) is 53.5 Å². The summed E-state index contributed by atoms with van der Waals surface area (Å²) in [5.41, 5.74) is 0.934. The summed E-state index contributed by atoms with van der Waals surface area (Å²) in [6.07, 6.45) is -0.0856. The number of amides is 3. The second-order valence-electron chi connectivity index (χ2n) is 9.06. The van der Waals surface area contributed by atoms with Crippen LogP contribution in [0.25, 0.3) is 0 Å². The van der Waals surface area contributed by atoms with Gasteiger partial charge < -0.3 is 25.0 Å². The van der Waals surface area contributed by atoms with E-state index >= 15 is 0 Å². The zero-order chi connectivity index (χ0) is 25.9. The maximum absolute atomic E-state index is 13.4. The first-order valence-electron chi connectivity index (χ1n) is 11.7. The van der Waals surface area contributed by atoms with Crippen molar-refractivity contribution in [2.24, 2.45) is 0 Å². The van der Waals surface area contributed by atoms with Crippen LogP contribution in [0.15, 0.2) is 24.3 Å². The molecule has 0 heterocycles. The molecule has 0 fully saturated rings. The van der Waals surface area contributed by atoms with Gasteiger partial charge >= 0.3 is 12.1 Å². The lowest BCUT2D eigenvalue weighted by Gasteiger charge is -2.33. The maximum Gasteiger partial charge on any atom is 0.408 e. The number of hydrogen-bond donors (Lipinski definition) is 2. The number of nitrogens with zero attached hydrogens (tertiary/aromatic N) is 1. The molecule has 0 aliphatic heterocycles. The highest BCUT2D eigenvalue weighted by atomic mass is 16.6. The topological polar surface area (TPSA) is 114 Å². The summed E-state index contributed by atoms with van der Waals surface area (Å²) in [5, 5.41) is 5.30. The van der Waals surface area contributed by atoms with Crippen LogP contribution in [0.2, 0.25) is 0 Å². The third-order valence-electron chi connectivity index (χ3n) is 4.74. The largest absolute Gasteiger partial charge is 0.466 e. The van der Waals surface area contributed by atoms with Gasteiger partial charge in [0.25, 0.3) is 0 Å². The van der Waals surface area contributed by atoms with Crippen molar-refractivity contribution in [3.8, 4) is 0 Å². The quantitative estimate of drug-likeness (QED) is 0.473. The summed E-state index contributed by atoms with van der Waals surface area (Å²) in [4.78, 5) is 51.9. The Kier molecular flexibility index (Phi) is 11.5. The molecule has 1 aromatic rings. The Balaban J connectivity index is 3.13. The number of esters is 1. The van der Waals surface area contributed by atoms with Crippen molar-refractivity contribution in [1.82, 2.24) is 15.5 Å². The van der Waals surface area contributed by atoms with Crippen LogP contribution in [0.1, 0.15) is 71.6 Å². The summed E-state index contributed by atoms with van der Waals surface area (Å²) in [5.74, 6) is -1.25. The Bertz CT molecular complexity index is 832. The average Bonchev–Trinajstić information content (AvgIpc) is 2.73. The molecule has 0 saturated heterocycles. The lowest BCUT2D eigenvalue weighted by atomic mass is 10.0. The average molecular weight is 478 g/mol. The molecular formula is C25H39N3O6. The molecule has 0 spiro atoms. The van der Waals surface area contributed by atoms with E-state index in [0.717, 1.165) is 5.56 Å². The van der Waals surface area contributed by atoms with Crippen molar-refractivity contribution in [2.75, 3.05) is 19.7 Å². The Morgan fingerprint density at radius 3 is 2.21 bits per heavy atom. The molecule has 2 unspecified atom stereocenters. The van der Waals surface area contributed by atoms with Gasteiger partial charge in [0.1, 0.15) is 17.7 Å². The van der Waals surface area contributed by atoms with Gasteiger partial charge in [0.15, 0.2) is 0 Å². The van der Waals surface area contributed by atoms with Gasteiger partial charge in [-0.3, -0.25) is 14.4 Å². The van der Waals surface area contributed by atoms with E-state index in [2.05, 4.69) is 10.6 Å². The highest BCUT2D eigenvalue weighted by Gasteiger charge is 2.34. The van der Waals surface area contributed by atoms with E-state index in [-0.39, 0.29) is 19.6 Å². The highest BCUT2D eigenvalue weighted by molar-refractivity contribution is 5.92. The molecule has 2 N–H and O–H groups in total. The molecule has 0 saturated carbocycles. The first-order chi connectivity index (χ1) is 15.9. The van der Waals surface area contributed by atoms with Gasteiger partial charge in [0.2, 0.25) is 11.8 Å². The predicted molar refractivity (Wildman–Crippen MR) is 129 cm³/mol. The molecule has 0 aromatic heterocycles. The van der Waals surface area contributed by atoms with Gasteiger partial charge in [0.05, 0.1) is 13.0 Å². The fourth-order valence-electron chi connectivity index (χ4n) is 3.24. The normalized spacial score (nSPS) is 12.8. The SMILES string of the molecule is CCCN(C(=O)C(C)NC(=O)OC(C)(C)C)C(C(=O)NCCC(=O)OCC)c1ccc(C)cc1. The Morgan fingerprint density at radius 1 is 1.06 bits per heavy atom. The summed E-state index contributed by atoms with van der Waals surface area (Å²) >= 11 is 0. The minimum absolute atomic E-state index is 0.0263. The molecule has 190 valence electrons. The molecule has 9 heteroatoms. The number of ether oxygens (including phenoxy) is 2. The second kappa shape index (κ2) is 13.6. The van der Waals surface area contributed by atoms with Gasteiger partial charge in [-0.1, -0.05) is 36.8 Å². The number of alkyl carbamates (subject to hydrolysis) is 1. The number of benzene rings is 1. The molecule has 0 aliphatic carbocycles. The van der Waals surface area contributed by atoms with Crippen LogP contribution in [0, 0.1) is 6.92 Å². The molecule has 0 radical (unpaired) electrons. The lowest BCUT2D eigenvalue weighted by molar-refractivity contribution is -0.144. The van der Waals surface area contributed by atoms with E-state index in [9.17, 15) is 19.2 Å². The van der Waals surface area contributed by atoms with Crippen LogP contribution in [-0.4, -0.2) is 60.1 Å². The van der Waals surface area contributed by atoms with Crippen molar-refractivity contribution in [3.63, 3.8) is 0 Å². The third-order valence-corrected chi connectivity index (χ3v) is 4.74. The fourth-order valence-corrected chi connectivity index (χ4v) is 3.24. The van der Waals surface area contributed by atoms with Crippen molar-refractivity contribution in [3.05, 3.63) is 35.4 Å². The van der Waals surface area contributed by atoms with Crippen LogP contribution in [0.3, 0.4) is 0 Å². The zero-order valence-electron chi connectivity index (χ0n) is 21.4.